The molecule has 0 aliphatic heterocycles. The van der Waals surface area contributed by atoms with Crippen molar-refractivity contribution in [2.75, 3.05) is 17.1 Å². The molecule has 1 atom stereocenters. The molecule has 2 amide bonds. The number of halogens is 2. The SMILES string of the molecule is CS(=O)(=O)N(CCCC(=O)N(Cc1cccc(Br)c1)C(Cc1ccccc1)C(=O)NC1CCCC1)c1ccc(F)cc1. The van der Waals surface area contributed by atoms with E-state index < -0.39 is 21.9 Å². The second-order valence-electron chi connectivity index (χ2n) is 10.8. The van der Waals surface area contributed by atoms with Gasteiger partial charge in [-0.15, -0.1) is 0 Å². The smallest absolute Gasteiger partial charge is 0.243 e. The van der Waals surface area contributed by atoms with Crippen molar-refractivity contribution in [3.05, 3.63) is 100 Å². The molecular weight excluding hydrogens is 621 g/mol. The summed E-state index contributed by atoms with van der Waals surface area (Å²) in [6, 6.07) is 21.8. The van der Waals surface area contributed by atoms with Crippen LogP contribution in [0.1, 0.15) is 49.7 Å². The molecule has 0 spiro atoms. The lowest BCUT2D eigenvalue weighted by molar-refractivity contribution is -0.141. The van der Waals surface area contributed by atoms with E-state index in [0.29, 0.717) is 12.1 Å². The van der Waals surface area contributed by atoms with E-state index in [1.165, 1.54) is 28.6 Å². The van der Waals surface area contributed by atoms with Crippen molar-refractivity contribution < 1.29 is 22.4 Å². The lowest BCUT2D eigenvalue weighted by atomic mass is 10.0. The van der Waals surface area contributed by atoms with Crippen LogP contribution >= 0.6 is 15.9 Å². The molecule has 42 heavy (non-hydrogen) atoms. The number of nitrogens with one attached hydrogen (secondary N) is 1. The van der Waals surface area contributed by atoms with Crippen LogP contribution in [0.3, 0.4) is 0 Å². The zero-order chi connectivity index (χ0) is 30.1. The molecule has 0 bridgehead atoms. The molecule has 0 saturated heterocycles. The summed E-state index contributed by atoms with van der Waals surface area (Å²) in [4.78, 5) is 29.4. The number of hydrogen-bond acceptors (Lipinski definition) is 4. The second kappa shape index (κ2) is 14.8. The fourth-order valence-electron chi connectivity index (χ4n) is 5.36. The molecule has 4 rings (SSSR count). The number of benzene rings is 3. The lowest BCUT2D eigenvalue weighted by Crippen LogP contribution is -2.52. The summed E-state index contributed by atoms with van der Waals surface area (Å²) >= 11 is 3.50. The third kappa shape index (κ3) is 9.13. The van der Waals surface area contributed by atoms with Crippen LogP contribution in [0.5, 0.6) is 0 Å². The number of carbonyl (C=O) groups excluding carboxylic acids is 2. The highest BCUT2D eigenvalue weighted by Gasteiger charge is 2.32. The molecular formula is C32H37BrFN3O4S. The van der Waals surface area contributed by atoms with Crippen LogP contribution in [-0.4, -0.2) is 50.0 Å². The fraction of sp³-hybridized carbons (Fsp3) is 0.375. The molecule has 1 saturated carbocycles. The normalized spacial score (nSPS) is 14.4. The Morgan fingerprint density at radius 2 is 1.64 bits per heavy atom. The Morgan fingerprint density at radius 1 is 0.976 bits per heavy atom. The summed E-state index contributed by atoms with van der Waals surface area (Å²) in [7, 11) is -3.67. The third-order valence-electron chi connectivity index (χ3n) is 7.48. The first kappa shape index (κ1) is 31.7. The highest BCUT2D eigenvalue weighted by atomic mass is 79.9. The van der Waals surface area contributed by atoms with Crippen molar-refractivity contribution in [3.8, 4) is 0 Å². The maximum Gasteiger partial charge on any atom is 0.243 e. The van der Waals surface area contributed by atoms with Gasteiger partial charge in [-0.3, -0.25) is 13.9 Å². The number of hydrogen-bond donors (Lipinski definition) is 1. The van der Waals surface area contributed by atoms with Crippen LogP contribution in [0.15, 0.2) is 83.3 Å². The zero-order valence-electron chi connectivity index (χ0n) is 23.7. The monoisotopic (exact) mass is 657 g/mol. The van der Waals surface area contributed by atoms with E-state index in [-0.39, 0.29) is 43.8 Å². The Labute approximate surface area is 256 Å². The number of amides is 2. The first-order valence-corrected chi connectivity index (χ1v) is 16.9. The van der Waals surface area contributed by atoms with Crippen molar-refractivity contribution in [3.63, 3.8) is 0 Å². The van der Waals surface area contributed by atoms with Gasteiger partial charge in [0.2, 0.25) is 21.8 Å². The minimum Gasteiger partial charge on any atom is -0.352 e. The van der Waals surface area contributed by atoms with Crippen LogP contribution in [0, 0.1) is 5.82 Å². The van der Waals surface area contributed by atoms with Crippen molar-refractivity contribution in [1.29, 1.82) is 0 Å². The van der Waals surface area contributed by atoms with Crippen molar-refractivity contribution in [1.82, 2.24) is 10.2 Å². The summed E-state index contributed by atoms with van der Waals surface area (Å²) in [5, 5.41) is 3.19. The van der Waals surface area contributed by atoms with Crippen molar-refractivity contribution in [2.24, 2.45) is 0 Å². The van der Waals surface area contributed by atoms with E-state index in [0.717, 1.165) is 47.5 Å². The molecule has 1 aliphatic carbocycles. The minimum absolute atomic E-state index is 0.0310. The largest absolute Gasteiger partial charge is 0.352 e. The minimum atomic E-state index is -3.67. The predicted molar refractivity (Wildman–Crippen MR) is 167 cm³/mol. The highest BCUT2D eigenvalue weighted by molar-refractivity contribution is 9.10. The van der Waals surface area contributed by atoms with E-state index in [1.807, 2.05) is 54.6 Å². The molecule has 0 heterocycles. The van der Waals surface area contributed by atoms with Gasteiger partial charge < -0.3 is 10.2 Å². The van der Waals surface area contributed by atoms with Gasteiger partial charge in [0.1, 0.15) is 11.9 Å². The van der Waals surface area contributed by atoms with Gasteiger partial charge in [-0.2, -0.15) is 0 Å². The van der Waals surface area contributed by atoms with Crippen LogP contribution < -0.4 is 9.62 Å². The Hall–Kier alpha value is -3.24. The molecule has 3 aromatic rings. The van der Waals surface area contributed by atoms with Gasteiger partial charge in [-0.05, 0) is 66.8 Å². The van der Waals surface area contributed by atoms with Crippen LogP contribution in [-0.2, 0) is 32.6 Å². The molecule has 3 aromatic carbocycles. The van der Waals surface area contributed by atoms with Gasteiger partial charge in [0.05, 0.1) is 11.9 Å². The van der Waals surface area contributed by atoms with E-state index >= 15 is 0 Å². The van der Waals surface area contributed by atoms with E-state index in [1.54, 1.807) is 4.90 Å². The number of anilines is 1. The van der Waals surface area contributed by atoms with E-state index in [4.69, 9.17) is 0 Å². The summed E-state index contributed by atoms with van der Waals surface area (Å²) in [6.45, 7) is 0.264. The number of carbonyl (C=O) groups is 2. The van der Waals surface area contributed by atoms with Crippen LogP contribution in [0.2, 0.25) is 0 Å². The van der Waals surface area contributed by atoms with Gasteiger partial charge in [-0.1, -0.05) is 71.2 Å². The average molecular weight is 659 g/mol. The first-order valence-electron chi connectivity index (χ1n) is 14.2. The van der Waals surface area contributed by atoms with Crippen LogP contribution in [0.25, 0.3) is 0 Å². The number of nitrogens with zero attached hydrogens (tertiary/aromatic N) is 2. The van der Waals surface area contributed by atoms with Crippen LogP contribution in [0.4, 0.5) is 10.1 Å². The molecule has 1 aliphatic rings. The first-order chi connectivity index (χ1) is 20.1. The molecule has 10 heteroatoms. The van der Waals surface area contributed by atoms with Gasteiger partial charge in [0.25, 0.3) is 0 Å². The predicted octanol–water partition coefficient (Wildman–Crippen LogP) is 5.83. The molecule has 1 fully saturated rings. The fourth-order valence-corrected chi connectivity index (χ4v) is 6.78. The van der Waals surface area contributed by atoms with E-state index in [2.05, 4.69) is 21.2 Å². The average Bonchev–Trinajstić information content (AvgIpc) is 3.46. The topological polar surface area (TPSA) is 86.8 Å². The number of rotatable bonds is 13. The summed E-state index contributed by atoms with van der Waals surface area (Å²) in [5.41, 5.74) is 2.14. The van der Waals surface area contributed by atoms with E-state index in [9.17, 15) is 22.4 Å². The maximum absolute atomic E-state index is 13.9. The lowest BCUT2D eigenvalue weighted by Gasteiger charge is -2.33. The molecule has 1 unspecified atom stereocenters. The quantitative estimate of drug-likeness (QED) is 0.251. The number of sulfonamides is 1. The Balaban J connectivity index is 1.58. The van der Waals surface area contributed by atoms with Gasteiger partial charge >= 0.3 is 0 Å². The van der Waals surface area contributed by atoms with Crippen molar-refractivity contribution >= 4 is 43.5 Å². The molecule has 0 radical (unpaired) electrons. The Bertz CT molecular complexity index is 1450. The Kier molecular flexibility index (Phi) is 11.2. The summed E-state index contributed by atoms with van der Waals surface area (Å²) in [6.07, 6.45) is 5.68. The summed E-state index contributed by atoms with van der Waals surface area (Å²) in [5.74, 6) is -0.894. The highest BCUT2D eigenvalue weighted by Crippen LogP contribution is 2.23. The standard InChI is InChI=1S/C32H37BrFN3O4S/c1-42(40,41)37(29-18-16-27(34)17-19-29)20-8-15-31(38)36(23-25-11-7-12-26(33)21-25)30(22-24-9-3-2-4-10-24)32(39)35-28-13-5-6-14-28/h2-4,7,9-12,16-19,21,28,30H,5-6,8,13-15,20,22-23H2,1H3,(H,35,39). The molecule has 0 aromatic heterocycles. The molecule has 224 valence electrons. The van der Waals surface area contributed by atoms with Gasteiger partial charge in [-0.25, -0.2) is 12.8 Å². The summed E-state index contributed by atoms with van der Waals surface area (Å²) < 4.78 is 40.6. The molecule has 7 nitrogen and oxygen atoms in total. The zero-order valence-corrected chi connectivity index (χ0v) is 26.1. The van der Waals surface area contributed by atoms with Gasteiger partial charge in [0, 0.05) is 36.4 Å². The third-order valence-corrected chi connectivity index (χ3v) is 9.17. The Morgan fingerprint density at radius 3 is 2.29 bits per heavy atom. The second-order valence-corrected chi connectivity index (χ2v) is 13.6. The van der Waals surface area contributed by atoms with Gasteiger partial charge in [0.15, 0.2) is 0 Å². The molecule has 1 N–H and O–H groups in total. The van der Waals surface area contributed by atoms with Crippen molar-refractivity contribution in [2.45, 2.75) is 63.6 Å². The maximum atomic E-state index is 13.9.